The number of ether oxygens (including phenoxy) is 1. The Morgan fingerprint density at radius 2 is 1.96 bits per heavy atom. The molecule has 27 heavy (non-hydrogen) atoms. The molecule has 5 nitrogen and oxygen atoms in total. The summed E-state index contributed by atoms with van der Waals surface area (Å²) in [4.78, 5) is 18.6. The van der Waals surface area contributed by atoms with Crippen LogP contribution in [0.25, 0.3) is 11.3 Å². The van der Waals surface area contributed by atoms with Crippen LogP contribution in [0.5, 0.6) is 0 Å². The molecule has 0 radical (unpaired) electrons. The van der Waals surface area contributed by atoms with Crippen LogP contribution in [0.3, 0.4) is 0 Å². The summed E-state index contributed by atoms with van der Waals surface area (Å²) in [6.45, 7) is 3.43. The van der Waals surface area contributed by atoms with Gasteiger partial charge in [-0.3, -0.25) is 4.90 Å². The van der Waals surface area contributed by atoms with E-state index in [1.54, 1.807) is 18.3 Å². The third-order valence-electron chi connectivity index (χ3n) is 4.91. The number of esters is 1. The van der Waals surface area contributed by atoms with Crippen LogP contribution >= 0.6 is 0 Å². The fourth-order valence-electron chi connectivity index (χ4n) is 3.44. The van der Waals surface area contributed by atoms with Crippen molar-refractivity contribution in [2.75, 3.05) is 19.7 Å². The number of oxazole rings is 1. The maximum Gasteiger partial charge on any atom is 0.338 e. The van der Waals surface area contributed by atoms with E-state index in [1.165, 1.54) is 12.0 Å². The van der Waals surface area contributed by atoms with Crippen molar-refractivity contribution in [2.45, 2.75) is 13.0 Å². The molecule has 4 rings (SSSR count). The lowest BCUT2D eigenvalue weighted by atomic mass is 10.1. The SMILES string of the molecule is O=C(OC[C@H]1CCN(Cc2ccccc2)C1)c1ccc(-c2cnco2)cc1. The van der Waals surface area contributed by atoms with Crippen molar-refractivity contribution in [3.63, 3.8) is 0 Å². The van der Waals surface area contributed by atoms with Crippen molar-refractivity contribution in [1.82, 2.24) is 9.88 Å². The minimum Gasteiger partial charge on any atom is -0.462 e. The summed E-state index contributed by atoms with van der Waals surface area (Å²) in [6.07, 6.45) is 4.10. The molecule has 2 heterocycles. The van der Waals surface area contributed by atoms with Crippen LogP contribution in [0, 0.1) is 5.92 Å². The highest BCUT2D eigenvalue weighted by Crippen LogP contribution is 2.21. The number of rotatable bonds is 6. The second-order valence-corrected chi connectivity index (χ2v) is 6.92. The number of carbonyl (C=O) groups is 1. The zero-order chi connectivity index (χ0) is 18.5. The van der Waals surface area contributed by atoms with Crippen molar-refractivity contribution in [1.29, 1.82) is 0 Å². The average Bonchev–Trinajstić information content (AvgIpc) is 3.39. The quantitative estimate of drug-likeness (QED) is 0.620. The predicted octanol–water partition coefficient (Wildman–Crippen LogP) is 4.02. The summed E-state index contributed by atoms with van der Waals surface area (Å²) in [6, 6.07) is 17.7. The molecule has 5 heteroatoms. The van der Waals surface area contributed by atoms with Crippen molar-refractivity contribution >= 4 is 5.97 Å². The Kier molecular flexibility index (Phi) is 5.30. The van der Waals surface area contributed by atoms with Gasteiger partial charge >= 0.3 is 5.97 Å². The first-order chi connectivity index (χ1) is 13.3. The van der Waals surface area contributed by atoms with E-state index in [4.69, 9.17) is 9.15 Å². The van der Waals surface area contributed by atoms with Crippen LogP contribution in [0.15, 0.2) is 71.6 Å². The summed E-state index contributed by atoms with van der Waals surface area (Å²) in [5.74, 6) is 0.797. The molecule has 1 saturated heterocycles. The molecule has 2 aromatic carbocycles. The standard InChI is InChI=1S/C22H22N2O3/c25-22(20-8-6-19(7-9-20)21-12-23-16-27-21)26-15-18-10-11-24(14-18)13-17-4-2-1-3-5-17/h1-9,12,16,18H,10-11,13-15H2/t18-/m0/s1. The molecular weight excluding hydrogens is 340 g/mol. The molecule has 0 N–H and O–H groups in total. The van der Waals surface area contributed by atoms with Gasteiger partial charge in [-0.05, 0) is 30.7 Å². The highest BCUT2D eigenvalue weighted by Gasteiger charge is 2.24. The number of likely N-dealkylation sites (tertiary alicyclic amines) is 1. The van der Waals surface area contributed by atoms with Crippen molar-refractivity contribution in [2.24, 2.45) is 5.92 Å². The summed E-state index contributed by atoms with van der Waals surface area (Å²) < 4.78 is 10.8. The maximum absolute atomic E-state index is 12.3. The molecule has 0 spiro atoms. The first-order valence-electron chi connectivity index (χ1n) is 9.20. The number of benzene rings is 2. The van der Waals surface area contributed by atoms with Crippen LogP contribution in [0.2, 0.25) is 0 Å². The van der Waals surface area contributed by atoms with Crippen molar-refractivity contribution in [3.05, 3.63) is 78.3 Å². The fraction of sp³-hybridized carbons (Fsp3) is 0.273. The molecule has 0 bridgehead atoms. The Morgan fingerprint density at radius 1 is 1.15 bits per heavy atom. The van der Waals surface area contributed by atoms with E-state index >= 15 is 0 Å². The van der Waals surface area contributed by atoms with Crippen LogP contribution in [0.1, 0.15) is 22.3 Å². The average molecular weight is 362 g/mol. The van der Waals surface area contributed by atoms with Crippen LogP contribution < -0.4 is 0 Å². The van der Waals surface area contributed by atoms with Crippen LogP contribution in [-0.4, -0.2) is 35.5 Å². The monoisotopic (exact) mass is 362 g/mol. The third-order valence-corrected chi connectivity index (χ3v) is 4.91. The van der Waals surface area contributed by atoms with Crippen LogP contribution in [0.4, 0.5) is 0 Å². The lowest BCUT2D eigenvalue weighted by molar-refractivity contribution is 0.0443. The summed E-state index contributed by atoms with van der Waals surface area (Å²) in [7, 11) is 0. The van der Waals surface area contributed by atoms with Gasteiger partial charge in [-0.15, -0.1) is 0 Å². The largest absolute Gasteiger partial charge is 0.462 e. The number of nitrogens with zero attached hydrogens (tertiary/aromatic N) is 2. The molecule has 0 aliphatic carbocycles. The molecule has 138 valence electrons. The highest BCUT2D eigenvalue weighted by atomic mass is 16.5. The zero-order valence-corrected chi connectivity index (χ0v) is 15.1. The fourth-order valence-corrected chi connectivity index (χ4v) is 3.44. The molecule has 1 aromatic heterocycles. The number of carbonyl (C=O) groups excluding carboxylic acids is 1. The van der Waals surface area contributed by atoms with Crippen molar-refractivity contribution in [3.8, 4) is 11.3 Å². The topological polar surface area (TPSA) is 55.6 Å². The van der Waals surface area contributed by atoms with E-state index in [9.17, 15) is 4.79 Å². The second kappa shape index (κ2) is 8.18. The van der Waals surface area contributed by atoms with E-state index in [0.717, 1.165) is 31.6 Å². The van der Waals surface area contributed by atoms with Gasteiger partial charge in [0.1, 0.15) is 0 Å². The van der Waals surface area contributed by atoms with E-state index in [-0.39, 0.29) is 5.97 Å². The zero-order valence-electron chi connectivity index (χ0n) is 15.1. The molecule has 1 aliphatic heterocycles. The number of hydrogen-bond acceptors (Lipinski definition) is 5. The van der Waals surface area contributed by atoms with Crippen molar-refractivity contribution < 1.29 is 13.9 Å². The molecule has 0 unspecified atom stereocenters. The molecule has 1 fully saturated rings. The van der Waals surface area contributed by atoms with E-state index < -0.39 is 0 Å². The lowest BCUT2D eigenvalue weighted by Gasteiger charge is -2.16. The van der Waals surface area contributed by atoms with Gasteiger partial charge in [0.25, 0.3) is 0 Å². The van der Waals surface area contributed by atoms with Gasteiger partial charge in [0.05, 0.1) is 18.4 Å². The Labute approximate surface area is 158 Å². The maximum atomic E-state index is 12.3. The molecule has 3 aromatic rings. The van der Waals surface area contributed by atoms with Crippen LogP contribution in [-0.2, 0) is 11.3 Å². The third kappa shape index (κ3) is 4.44. The summed E-state index contributed by atoms with van der Waals surface area (Å²) in [5, 5.41) is 0. The first-order valence-corrected chi connectivity index (χ1v) is 9.20. The van der Waals surface area contributed by atoms with Gasteiger partial charge in [-0.1, -0.05) is 42.5 Å². The highest BCUT2D eigenvalue weighted by molar-refractivity contribution is 5.89. The minimum atomic E-state index is -0.277. The van der Waals surface area contributed by atoms with Gasteiger partial charge in [-0.25, -0.2) is 9.78 Å². The summed E-state index contributed by atoms with van der Waals surface area (Å²) >= 11 is 0. The molecular formula is C22H22N2O3. The Hall–Kier alpha value is -2.92. The normalized spacial score (nSPS) is 17.1. The van der Waals surface area contributed by atoms with Gasteiger partial charge in [-0.2, -0.15) is 0 Å². The Bertz CT molecular complexity index is 860. The van der Waals surface area contributed by atoms with E-state index in [1.807, 2.05) is 18.2 Å². The smallest absolute Gasteiger partial charge is 0.338 e. The predicted molar refractivity (Wildman–Crippen MR) is 102 cm³/mol. The first kappa shape index (κ1) is 17.5. The van der Waals surface area contributed by atoms with Gasteiger partial charge in [0, 0.05) is 24.6 Å². The molecule has 0 amide bonds. The summed E-state index contributed by atoms with van der Waals surface area (Å²) in [5.41, 5.74) is 2.76. The Balaban J connectivity index is 1.26. The molecule has 1 aliphatic rings. The molecule has 1 atom stereocenters. The van der Waals surface area contributed by atoms with Gasteiger partial charge < -0.3 is 9.15 Å². The van der Waals surface area contributed by atoms with E-state index in [2.05, 4.69) is 34.1 Å². The number of aromatic nitrogens is 1. The number of hydrogen-bond donors (Lipinski definition) is 0. The molecule has 0 saturated carbocycles. The van der Waals surface area contributed by atoms with E-state index in [0.29, 0.717) is 23.8 Å². The Morgan fingerprint density at radius 3 is 2.70 bits per heavy atom. The lowest BCUT2D eigenvalue weighted by Crippen LogP contribution is -2.22. The van der Waals surface area contributed by atoms with Gasteiger partial charge in [0.15, 0.2) is 12.2 Å². The second-order valence-electron chi connectivity index (χ2n) is 6.92. The minimum absolute atomic E-state index is 0.277. The van der Waals surface area contributed by atoms with Gasteiger partial charge in [0.2, 0.25) is 0 Å².